The van der Waals surface area contributed by atoms with Gasteiger partial charge in [-0.3, -0.25) is 16.2 Å². The van der Waals surface area contributed by atoms with Crippen LogP contribution in [-0.4, -0.2) is 17.9 Å². The van der Waals surface area contributed by atoms with E-state index in [0.717, 1.165) is 11.3 Å². The maximum absolute atomic E-state index is 7.39. The lowest BCUT2D eigenvalue weighted by Crippen LogP contribution is -2.10. The molecule has 0 unspecified atom stereocenters. The van der Waals surface area contributed by atoms with E-state index in [4.69, 9.17) is 27.0 Å². The Balaban J connectivity index is 1.57. The molecule has 7 heteroatoms. The number of nitrogen functional groups attached to an aromatic ring is 2. The van der Waals surface area contributed by atoms with Crippen molar-refractivity contribution < 1.29 is 4.74 Å². The average Bonchev–Trinajstić information content (AvgIpc) is 2.70. The molecule has 0 spiro atoms. The highest BCUT2D eigenvalue weighted by molar-refractivity contribution is 5.95. The number of ether oxygens (including phenoxy) is 1. The highest BCUT2D eigenvalue weighted by Crippen LogP contribution is 2.21. The van der Waals surface area contributed by atoms with E-state index in [2.05, 4.69) is 10.5 Å². The Hall–Kier alpha value is -4.13. The Kier molecular flexibility index (Phi) is 5.66. The number of rotatable bonds is 7. The van der Waals surface area contributed by atoms with Crippen LogP contribution in [0.25, 0.3) is 0 Å². The number of amidine groups is 2. The van der Waals surface area contributed by atoms with Crippen LogP contribution in [-0.2, 0) is 0 Å². The summed E-state index contributed by atoms with van der Waals surface area (Å²) >= 11 is 0. The molecule has 0 aromatic heterocycles. The zero-order valence-corrected chi connectivity index (χ0v) is 15.0. The number of hydrogen-bond donors (Lipinski definition) is 5. The number of nitrogens with zero attached hydrogens (tertiary/aromatic N) is 1. The molecule has 0 heterocycles. The molecule has 0 bridgehead atoms. The first kappa shape index (κ1) is 18.7. The van der Waals surface area contributed by atoms with E-state index in [1.807, 2.05) is 36.4 Å². The van der Waals surface area contributed by atoms with E-state index in [-0.39, 0.29) is 11.7 Å². The molecular weight excluding hydrogens is 352 g/mol. The number of nitrogens with two attached hydrogens (primary N) is 2. The van der Waals surface area contributed by atoms with Crippen LogP contribution in [0.4, 0.5) is 5.69 Å². The van der Waals surface area contributed by atoms with Crippen LogP contribution >= 0.6 is 0 Å². The lowest BCUT2D eigenvalue weighted by Gasteiger charge is -2.07. The van der Waals surface area contributed by atoms with Crippen molar-refractivity contribution in [2.24, 2.45) is 16.6 Å². The Morgan fingerprint density at radius 3 is 1.71 bits per heavy atom. The fourth-order valence-electron chi connectivity index (χ4n) is 2.37. The van der Waals surface area contributed by atoms with Gasteiger partial charge < -0.3 is 16.2 Å². The minimum atomic E-state index is 0.0265. The largest absolute Gasteiger partial charge is 0.457 e. The number of anilines is 1. The van der Waals surface area contributed by atoms with Crippen molar-refractivity contribution in [3.8, 4) is 11.5 Å². The van der Waals surface area contributed by atoms with Gasteiger partial charge in [0, 0.05) is 11.1 Å². The zero-order chi connectivity index (χ0) is 19.9. The molecule has 28 heavy (non-hydrogen) atoms. The van der Waals surface area contributed by atoms with Crippen molar-refractivity contribution in [2.75, 3.05) is 5.43 Å². The standard InChI is InChI=1S/C21H20N6O/c22-20(23)15-3-7-17(8-4-15)27-26-13-14-1-9-18(10-2-14)28-19-11-5-16(6-12-19)21(24)25/h1-13,27H,(H3,22,23)(H3,24,25)/b26-13-. The summed E-state index contributed by atoms with van der Waals surface area (Å²) in [5.41, 5.74) is 16.8. The number of hydrogen-bond acceptors (Lipinski definition) is 5. The van der Waals surface area contributed by atoms with E-state index in [1.54, 1.807) is 42.6 Å². The highest BCUT2D eigenvalue weighted by Gasteiger charge is 2.00. The van der Waals surface area contributed by atoms with Gasteiger partial charge in [0.25, 0.3) is 0 Å². The predicted octanol–water partition coefficient (Wildman–Crippen LogP) is 3.49. The summed E-state index contributed by atoms with van der Waals surface area (Å²) in [6.07, 6.45) is 1.70. The highest BCUT2D eigenvalue weighted by atomic mass is 16.5. The summed E-state index contributed by atoms with van der Waals surface area (Å²) in [4.78, 5) is 0. The van der Waals surface area contributed by atoms with Crippen LogP contribution in [0.3, 0.4) is 0 Å². The summed E-state index contributed by atoms with van der Waals surface area (Å²) in [7, 11) is 0. The summed E-state index contributed by atoms with van der Waals surface area (Å²) in [5, 5.41) is 19.0. The van der Waals surface area contributed by atoms with Crippen molar-refractivity contribution in [1.29, 1.82) is 10.8 Å². The van der Waals surface area contributed by atoms with Crippen LogP contribution < -0.4 is 21.6 Å². The Morgan fingerprint density at radius 1 is 0.750 bits per heavy atom. The fraction of sp³-hybridized carbons (Fsp3) is 0. The van der Waals surface area contributed by atoms with Crippen LogP contribution in [0, 0.1) is 10.8 Å². The number of nitrogens with one attached hydrogen (secondary N) is 3. The molecule has 0 fully saturated rings. The van der Waals surface area contributed by atoms with Crippen molar-refractivity contribution in [3.05, 3.63) is 89.5 Å². The predicted molar refractivity (Wildman–Crippen MR) is 113 cm³/mol. The van der Waals surface area contributed by atoms with Gasteiger partial charge in [-0.25, -0.2) is 0 Å². The molecule has 3 aromatic rings. The monoisotopic (exact) mass is 372 g/mol. The molecule has 0 aliphatic carbocycles. The minimum Gasteiger partial charge on any atom is -0.457 e. The van der Waals surface area contributed by atoms with Crippen LogP contribution in [0.5, 0.6) is 11.5 Å². The average molecular weight is 372 g/mol. The molecular formula is C21H20N6O. The second kappa shape index (κ2) is 8.50. The first-order valence-electron chi connectivity index (χ1n) is 8.47. The molecule has 140 valence electrons. The summed E-state index contributed by atoms with van der Waals surface area (Å²) in [5.74, 6) is 1.42. The van der Waals surface area contributed by atoms with E-state index in [9.17, 15) is 0 Å². The van der Waals surface area contributed by atoms with Gasteiger partial charge in [0.2, 0.25) is 0 Å². The van der Waals surface area contributed by atoms with Gasteiger partial charge >= 0.3 is 0 Å². The second-order valence-electron chi connectivity index (χ2n) is 5.97. The van der Waals surface area contributed by atoms with Crippen molar-refractivity contribution in [2.45, 2.75) is 0 Å². The van der Waals surface area contributed by atoms with Crippen molar-refractivity contribution in [1.82, 2.24) is 0 Å². The minimum absolute atomic E-state index is 0.0265. The van der Waals surface area contributed by atoms with Crippen LogP contribution in [0.2, 0.25) is 0 Å². The Bertz CT molecular complexity index is 993. The maximum atomic E-state index is 7.39. The molecule has 3 aromatic carbocycles. The second-order valence-corrected chi connectivity index (χ2v) is 5.97. The van der Waals surface area contributed by atoms with Gasteiger partial charge in [-0.1, -0.05) is 0 Å². The smallest absolute Gasteiger partial charge is 0.127 e. The quantitative estimate of drug-likeness (QED) is 0.246. The van der Waals surface area contributed by atoms with E-state index < -0.39 is 0 Å². The van der Waals surface area contributed by atoms with Gasteiger partial charge in [0.1, 0.15) is 23.2 Å². The summed E-state index contributed by atoms with van der Waals surface area (Å²) < 4.78 is 5.77. The Labute approximate surface area is 162 Å². The van der Waals surface area contributed by atoms with Crippen molar-refractivity contribution >= 4 is 23.6 Å². The molecule has 7 N–H and O–H groups in total. The molecule has 7 nitrogen and oxygen atoms in total. The van der Waals surface area contributed by atoms with Gasteiger partial charge in [0.15, 0.2) is 0 Å². The Morgan fingerprint density at radius 2 is 1.21 bits per heavy atom. The third-order valence-corrected chi connectivity index (χ3v) is 3.88. The van der Waals surface area contributed by atoms with Crippen LogP contribution in [0.15, 0.2) is 77.9 Å². The SMILES string of the molecule is N=C(N)c1ccc(N/N=C\c2ccc(Oc3ccc(C(=N)N)cc3)cc2)cc1. The van der Waals surface area contributed by atoms with Gasteiger partial charge in [-0.15, -0.1) is 0 Å². The third-order valence-electron chi connectivity index (χ3n) is 3.88. The molecule has 0 saturated carbocycles. The summed E-state index contributed by atoms with van der Waals surface area (Å²) in [6.45, 7) is 0. The lowest BCUT2D eigenvalue weighted by molar-refractivity contribution is 0.482. The number of hydrazone groups is 1. The lowest BCUT2D eigenvalue weighted by atomic mass is 10.2. The van der Waals surface area contributed by atoms with Crippen molar-refractivity contribution in [3.63, 3.8) is 0 Å². The van der Waals surface area contributed by atoms with E-state index >= 15 is 0 Å². The molecule has 0 saturated heterocycles. The summed E-state index contributed by atoms with van der Waals surface area (Å²) in [6, 6.07) is 21.6. The topological polar surface area (TPSA) is 133 Å². The number of benzene rings is 3. The third kappa shape index (κ3) is 4.95. The molecule has 0 aliphatic rings. The van der Waals surface area contributed by atoms with E-state index in [1.165, 1.54) is 0 Å². The van der Waals surface area contributed by atoms with Gasteiger partial charge in [0.05, 0.1) is 11.9 Å². The zero-order valence-electron chi connectivity index (χ0n) is 15.0. The molecule has 3 rings (SSSR count). The van der Waals surface area contributed by atoms with Gasteiger partial charge in [-0.05, 0) is 78.4 Å². The first-order valence-corrected chi connectivity index (χ1v) is 8.47. The molecule has 0 atom stereocenters. The molecule has 0 radical (unpaired) electrons. The van der Waals surface area contributed by atoms with E-state index in [0.29, 0.717) is 22.6 Å². The van der Waals surface area contributed by atoms with Crippen LogP contribution in [0.1, 0.15) is 16.7 Å². The normalized spacial score (nSPS) is 10.6. The molecule has 0 amide bonds. The van der Waals surface area contributed by atoms with Gasteiger partial charge in [-0.2, -0.15) is 5.10 Å². The maximum Gasteiger partial charge on any atom is 0.127 e. The fourth-order valence-corrected chi connectivity index (χ4v) is 2.37. The molecule has 0 aliphatic heterocycles. The first-order chi connectivity index (χ1) is 13.5.